The van der Waals surface area contributed by atoms with Crippen molar-refractivity contribution in [3.63, 3.8) is 0 Å². The molecule has 112 valence electrons. The molecular formula is C17H19BrClNO. The highest BCUT2D eigenvalue weighted by Crippen LogP contribution is 2.38. The summed E-state index contributed by atoms with van der Waals surface area (Å²) in [4.78, 5) is 0. The predicted octanol–water partition coefficient (Wildman–Crippen LogP) is 5.98. The van der Waals surface area contributed by atoms with Gasteiger partial charge in [-0.1, -0.05) is 35.9 Å². The van der Waals surface area contributed by atoms with Crippen LogP contribution in [0.1, 0.15) is 31.0 Å². The summed E-state index contributed by atoms with van der Waals surface area (Å²) in [6.07, 6.45) is 0. The molecule has 0 spiro atoms. The molecule has 0 saturated carbocycles. The Labute approximate surface area is 139 Å². The monoisotopic (exact) mass is 367 g/mol. The van der Waals surface area contributed by atoms with Crippen molar-refractivity contribution in [1.29, 1.82) is 0 Å². The number of nitrogens with one attached hydrogen (secondary N) is 1. The molecule has 0 amide bonds. The molecule has 0 aromatic heterocycles. The second-order valence-electron chi connectivity index (χ2n) is 4.92. The lowest BCUT2D eigenvalue weighted by Crippen LogP contribution is -2.10. The van der Waals surface area contributed by atoms with Crippen LogP contribution in [0.15, 0.2) is 40.9 Å². The molecule has 0 radical (unpaired) electrons. The largest absolute Gasteiger partial charge is 0.491 e. The summed E-state index contributed by atoms with van der Waals surface area (Å²) in [6.45, 7) is 6.82. The van der Waals surface area contributed by atoms with E-state index >= 15 is 0 Å². The van der Waals surface area contributed by atoms with E-state index in [1.807, 2.05) is 25.1 Å². The number of halogens is 2. The first-order valence-corrected chi connectivity index (χ1v) is 8.14. The molecule has 2 rings (SSSR count). The van der Waals surface area contributed by atoms with Gasteiger partial charge in [-0.25, -0.2) is 0 Å². The minimum absolute atomic E-state index is 0.163. The van der Waals surface area contributed by atoms with Gasteiger partial charge in [-0.15, -0.1) is 0 Å². The lowest BCUT2D eigenvalue weighted by atomic mass is 10.0. The third-order valence-corrected chi connectivity index (χ3v) is 4.13. The Hall–Kier alpha value is -1.19. The van der Waals surface area contributed by atoms with Gasteiger partial charge in [0.05, 0.1) is 16.8 Å². The average molecular weight is 369 g/mol. The fourth-order valence-electron chi connectivity index (χ4n) is 2.34. The summed E-state index contributed by atoms with van der Waals surface area (Å²) in [5, 5.41) is 4.17. The van der Waals surface area contributed by atoms with Gasteiger partial charge in [0.1, 0.15) is 0 Å². The van der Waals surface area contributed by atoms with Crippen LogP contribution in [-0.4, -0.2) is 6.61 Å². The molecule has 1 N–H and O–H groups in total. The van der Waals surface area contributed by atoms with Crippen LogP contribution < -0.4 is 10.1 Å². The van der Waals surface area contributed by atoms with Crippen LogP contribution in [0.4, 0.5) is 5.69 Å². The summed E-state index contributed by atoms with van der Waals surface area (Å²) in [5.41, 5.74) is 3.42. The number of benzene rings is 2. The van der Waals surface area contributed by atoms with Crippen molar-refractivity contribution < 1.29 is 4.74 Å². The minimum Gasteiger partial charge on any atom is -0.491 e. The number of ether oxygens (including phenoxy) is 1. The van der Waals surface area contributed by atoms with E-state index in [4.69, 9.17) is 16.3 Å². The van der Waals surface area contributed by atoms with E-state index in [2.05, 4.69) is 53.3 Å². The van der Waals surface area contributed by atoms with E-state index in [1.54, 1.807) is 0 Å². The number of aryl methyl sites for hydroxylation is 1. The second-order valence-corrected chi connectivity index (χ2v) is 6.21. The third kappa shape index (κ3) is 3.92. The Morgan fingerprint density at radius 3 is 2.67 bits per heavy atom. The molecule has 0 saturated heterocycles. The molecule has 1 atom stereocenters. The quantitative estimate of drug-likeness (QED) is 0.700. The molecule has 2 aromatic carbocycles. The highest BCUT2D eigenvalue weighted by molar-refractivity contribution is 9.10. The SMILES string of the molecule is CCOc1c(Br)cc(Cl)cc1NC(C)c1ccccc1C. The van der Waals surface area contributed by atoms with Crippen molar-refractivity contribution in [2.75, 3.05) is 11.9 Å². The molecule has 0 aliphatic rings. The Morgan fingerprint density at radius 1 is 1.29 bits per heavy atom. The van der Waals surface area contributed by atoms with Crippen molar-refractivity contribution in [1.82, 2.24) is 0 Å². The summed E-state index contributed by atoms with van der Waals surface area (Å²) in [5.74, 6) is 0.794. The van der Waals surface area contributed by atoms with Gasteiger partial charge in [-0.2, -0.15) is 0 Å². The molecule has 2 nitrogen and oxygen atoms in total. The summed E-state index contributed by atoms with van der Waals surface area (Å²) < 4.78 is 6.58. The van der Waals surface area contributed by atoms with Crippen LogP contribution in [0, 0.1) is 6.92 Å². The van der Waals surface area contributed by atoms with E-state index in [0.29, 0.717) is 11.6 Å². The van der Waals surface area contributed by atoms with Gasteiger partial charge < -0.3 is 10.1 Å². The lowest BCUT2D eigenvalue weighted by Gasteiger charge is -2.21. The summed E-state index contributed by atoms with van der Waals surface area (Å²) in [6, 6.07) is 12.3. The second kappa shape index (κ2) is 7.19. The highest BCUT2D eigenvalue weighted by atomic mass is 79.9. The first-order valence-electron chi connectivity index (χ1n) is 6.96. The maximum atomic E-state index is 6.16. The Morgan fingerprint density at radius 2 is 2.00 bits per heavy atom. The highest BCUT2D eigenvalue weighted by Gasteiger charge is 2.14. The predicted molar refractivity (Wildman–Crippen MR) is 93.5 cm³/mol. The Kier molecular flexibility index (Phi) is 5.54. The summed E-state index contributed by atoms with van der Waals surface area (Å²) >= 11 is 9.67. The van der Waals surface area contributed by atoms with E-state index in [9.17, 15) is 0 Å². The standard InChI is InChI=1S/C17H19BrClNO/c1-4-21-17-15(18)9-13(19)10-16(17)20-12(3)14-8-6-5-7-11(14)2/h5-10,12,20H,4H2,1-3H3. The molecule has 0 bridgehead atoms. The van der Waals surface area contributed by atoms with Crippen LogP contribution >= 0.6 is 27.5 Å². The maximum Gasteiger partial charge on any atom is 0.156 e. The first kappa shape index (κ1) is 16.2. The maximum absolute atomic E-state index is 6.16. The van der Waals surface area contributed by atoms with Crippen molar-refractivity contribution in [3.05, 3.63) is 57.0 Å². The molecule has 1 unspecified atom stereocenters. The Balaban J connectivity index is 2.32. The molecule has 2 aromatic rings. The van der Waals surface area contributed by atoms with Gasteiger partial charge in [0, 0.05) is 11.1 Å². The van der Waals surface area contributed by atoms with Gasteiger partial charge in [0.2, 0.25) is 0 Å². The minimum atomic E-state index is 0.163. The average Bonchev–Trinajstić information content (AvgIpc) is 2.43. The zero-order valence-electron chi connectivity index (χ0n) is 12.4. The zero-order valence-corrected chi connectivity index (χ0v) is 14.8. The number of hydrogen-bond acceptors (Lipinski definition) is 2. The molecule has 0 fully saturated rings. The van der Waals surface area contributed by atoms with Crippen LogP contribution in [0.2, 0.25) is 5.02 Å². The third-order valence-electron chi connectivity index (χ3n) is 3.32. The van der Waals surface area contributed by atoms with Crippen molar-refractivity contribution in [3.8, 4) is 5.75 Å². The molecule has 0 heterocycles. The molecule has 0 aliphatic heterocycles. The molecule has 21 heavy (non-hydrogen) atoms. The number of anilines is 1. The van der Waals surface area contributed by atoms with Crippen molar-refractivity contribution in [2.45, 2.75) is 26.8 Å². The normalized spacial score (nSPS) is 12.0. The lowest BCUT2D eigenvalue weighted by molar-refractivity contribution is 0.339. The van der Waals surface area contributed by atoms with Gasteiger partial charge in [-0.05, 0) is 60.0 Å². The van der Waals surface area contributed by atoms with E-state index < -0.39 is 0 Å². The van der Waals surface area contributed by atoms with Gasteiger partial charge in [0.25, 0.3) is 0 Å². The topological polar surface area (TPSA) is 21.3 Å². The fourth-order valence-corrected chi connectivity index (χ4v) is 3.27. The van der Waals surface area contributed by atoms with Gasteiger partial charge in [0.15, 0.2) is 5.75 Å². The van der Waals surface area contributed by atoms with Crippen molar-refractivity contribution >= 4 is 33.2 Å². The zero-order chi connectivity index (χ0) is 15.4. The van der Waals surface area contributed by atoms with E-state index in [0.717, 1.165) is 15.9 Å². The van der Waals surface area contributed by atoms with Crippen LogP contribution in [-0.2, 0) is 0 Å². The van der Waals surface area contributed by atoms with Crippen LogP contribution in [0.3, 0.4) is 0 Å². The number of rotatable bonds is 5. The van der Waals surface area contributed by atoms with Crippen molar-refractivity contribution in [2.24, 2.45) is 0 Å². The summed E-state index contributed by atoms with van der Waals surface area (Å²) in [7, 11) is 0. The van der Waals surface area contributed by atoms with Crippen LogP contribution in [0.5, 0.6) is 5.75 Å². The van der Waals surface area contributed by atoms with E-state index in [-0.39, 0.29) is 6.04 Å². The Bertz CT molecular complexity index is 630. The molecular weight excluding hydrogens is 350 g/mol. The first-order chi connectivity index (χ1) is 10.0. The smallest absolute Gasteiger partial charge is 0.156 e. The fraction of sp³-hybridized carbons (Fsp3) is 0.294. The van der Waals surface area contributed by atoms with E-state index in [1.165, 1.54) is 11.1 Å². The van der Waals surface area contributed by atoms with Crippen LogP contribution in [0.25, 0.3) is 0 Å². The molecule has 4 heteroatoms. The van der Waals surface area contributed by atoms with Gasteiger partial charge in [-0.3, -0.25) is 0 Å². The van der Waals surface area contributed by atoms with Gasteiger partial charge >= 0.3 is 0 Å². The molecule has 0 aliphatic carbocycles. The number of hydrogen-bond donors (Lipinski definition) is 1.